The molecule has 0 aliphatic heterocycles. The highest BCUT2D eigenvalue weighted by Gasteiger charge is 1.99. The van der Waals surface area contributed by atoms with Gasteiger partial charge in [-0.1, -0.05) is 51.0 Å². The first-order valence-electron chi connectivity index (χ1n) is 9.59. The zero-order valence-electron chi connectivity index (χ0n) is 15.8. The fourth-order valence-corrected chi connectivity index (χ4v) is 3.06. The van der Waals surface area contributed by atoms with E-state index in [1.807, 2.05) is 0 Å². The first-order chi connectivity index (χ1) is 12.8. The lowest BCUT2D eigenvalue weighted by Crippen LogP contribution is -1.93. The molecular weight excluding hydrogens is 316 g/mol. The van der Waals surface area contributed by atoms with E-state index in [2.05, 4.69) is 97.3 Å². The van der Waals surface area contributed by atoms with Gasteiger partial charge in [0.05, 0.1) is 0 Å². The van der Waals surface area contributed by atoms with Crippen molar-refractivity contribution in [2.45, 2.75) is 39.5 Å². The van der Waals surface area contributed by atoms with E-state index < -0.39 is 0 Å². The van der Waals surface area contributed by atoms with Crippen LogP contribution in [0.3, 0.4) is 0 Å². The molecule has 3 rings (SSSR count). The third-order valence-corrected chi connectivity index (χ3v) is 4.45. The molecule has 0 saturated heterocycles. The number of hydrogen-bond donors (Lipinski definition) is 2. The molecule has 3 aromatic carbocycles. The van der Waals surface area contributed by atoms with Crippen molar-refractivity contribution >= 4 is 22.7 Å². The second-order valence-electron chi connectivity index (χ2n) is 6.72. The summed E-state index contributed by atoms with van der Waals surface area (Å²) in [4.78, 5) is 0. The van der Waals surface area contributed by atoms with Crippen LogP contribution in [0.5, 0.6) is 0 Å². The zero-order chi connectivity index (χ0) is 18.2. The maximum atomic E-state index is 3.46. The van der Waals surface area contributed by atoms with Crippen LogP contribution >= 0.6 is 0 Å². The summed E-state index contributed by atoms with van der Waals surface area (Å²) in [6.45, 7) is 4.42. The zero-order valence-corrected chi connectivity index (χ0v) is 15.8. The summed E-state index contributed by atoms with van der Waals surface area (Å²) in [6.07, 6.45) is 4.64. The van der Waals surface area contributed by atoms with Gasteiger partial charge in [0, 0.05) is 22.7 Å². The SMILES string of the molecule is CCCc1ccc(Nc2ccc(Nc3ccc(CCC)cc3)cc2)cc1. The second kappa shape index (κ2) is 9.10. The highest BCUT2D eigenvalue weighted by molar-refractivity contribution is 5.66. The standard InChI is InChI=1S/C24H28N2/c1-3-5-19-7-11-21(12-8-19)25-23-15-17-24(18-16-23)26-22-13-9-20(6-4-2)10-14-22/h7-18,25-26H,3-6H2,1-2H3. The van der Waals surface area contributed by atoms with Crippen molar-refractivity contribution < 1.29 is 0 Å². The molecule has 0 radical (unpaired) electrons. The fourth-order valence-electron chi connectivity index (χ4n) is 3.06. The molecule has 0 saturated carbocycles. The molecule has 0 bridgehead atoms. The third-order valence-electron chi connectivity index (χ3n) is 4.45. The van der Waals surface area contributed by atoms with E-state index in [-0.39, 0.29) is 0 Å². The number of benzene rings is 3. The Bertz CT molecular complexity index is 717. The van der Waals surface area contributed by atoms with Crippen molar-refractivity contribution in [3.63, 3.8) is 0 Å². The Morgan fingerprint density at radius 2 is 0.731 bits per heavy atom. The van der Waals surface area contributed by atoms with Crippen molar-refractivity contribution in [1.82, 2.24) is 0 Å². The van der Waals surface area contributed by atoms with Crippen LogP contribution in [0.25, 0.3) is 0 Å². The molecule has 0 heterocycles. The maximum absolute atomic E-state index is 3.46. The Morgan fingerprint density at radius 3 is 1.00 bits per heavy atom. The number of hydrogen-bond acceptors (Lipinski definition) is 2. The van der Waals surface area contributed by atoms with Gasteiger partial charge in [-0.25, -0.2) is 0 Å². The van der Waals surface area contributed by atoms with Gasteiger partial charge >= 0.3 is 0 Å². The van der Waals surface area contributed by atoms with Crippen molar-refractivity contribution in [3.05, 3.63) is 83.9 Å². The third kappa shape index (κ3) is 5.13. The molecule has 0 fully saturated rings. The van der Waals surface area contributed by atoms with Gasteiger partial charge in [0.2, 0.25) is 0 Å². The predicted octanol–water partition coefficient (Wildman–Crippen LogP) is 7.08. The van der Waals surface area contributed by atoms with E-state index >= 15 is 0 Å². The topological polar surface area (TPSA) is 24.1 Å². The average Bonchev–Trinajstić information content (AvgIpc) is 2.67. The summed E-state index contributed by atoms with van der Waals surface area (Å²) >= 11 is 0. The summed E-state index contributed by atoms with van der Waals surface area (Å²) in [6, 6.07) is 25.8. The molecule has 3 aromatic rings. The van der Waals surface area contributed by atoms with E-state index in [1.165, 1.54) is 24.0 Å². The Hall–Kier alpha value is -2.74. The van der Waals surface area contributed by atoms with E-state index in [0.29, 0.717) is 0 Å². The van der Waals surface area contributed by atoms with Gasteiger partial charge in [-0.15, -0.1) is 0 Å². The molecule has 0 amide bonds. The van der Waals surface area contributed by atoms with Crippen LogP contribution in [0, 0.1) is 0 Å². The van der Waals surface area contributed by atoms with Crippen LogP contribution in [0.4, 0.5) is 22.7 Å². The first-order valence-corrected chi connectivity index (χ1v) is 9.59. The van der Waals surface area contributed by atoms with Gasteiger partial charge in [-0.05, 0) is 72.5 Å². The Morgan fingerprint density at radius 1 is 0.462 bits per heavy atom. The smallest absolute Gasteiger partial charge is 0.0385 e. The lowest BCUT2D eigenvalue weighted by molar-refractivity contribution is 0.922. The van der Waals surface area contributed by atoms with E-state index in [0.717, 1.165) is 35.6 Å². The Kier molecular flexibility index (Phi) is 6.32. The van der Waals surface area contributed by atoms with E-state index in [1.54, 1.807) is 0 Å². The van der Waals surface area contributed by atoms with Gasteiger partial charge in [0.15, 0.2) is 0 Å². The minimum Gasteiger partial charge on any atom is -0.356 e. The van der Waals surface area contributed by atoms with Gasteiger partial charge in [-0.3, -0.25) is 0 Å². The average molecular weight is 345 g/mol. The lowest BCUT2D eigenvalue weighted by Gasteiger charge is -2.10. The van der Waals surface area contributed by atoms with Crippen molar-refractivity contribution in [2.24, 2.45) is 0 Å². The fraction of sp³-hybridized carbons (Fsp3) is 0.250. The summed E-state index contributed by atoms with van der Waals surface area (Å²) in [7, 11) is 0. The molecule has 0 atom stereocenters. The molecule has 134 valence electrons. The molecule has 0 aromatic heterocycles. The van der Waals surface area contributed by atoms with Crippen molar-refractivity contribution in [2.75, 3.05) is 10.6 Å². The highest BCUT2D eigenvalue weighted by atomic mass is 14.9. The molecule has 2 N–H and O–H groups in total. The van der Waals surface area contributed by atoms with Crippen LogP contribution in [0.2, 0.25) is 0 Å². The van der Waals surface area contributed by atoms with Crippen LogP contribution < -0.4 is 10.6 Å². The van der Waals surface area contributed by atoms with Gasteiger partial charge in [0.25, 0.3) is 0 Å². The monoisotopic (exact) mass is 344 g/mol. The Balaban J connectivity index is 1.59. The van der Waals surface area contributed by atoms with Crippen molar-refractivity contribution in [3.8, 4) is 0 Å². The molecule has 0 unspecified atom stereocenters. The maximum Gasteiger partial charge on any atom is 0.0385 e. The summed E-state index contributed by atoms with van der Waals surface area (Å²) in [5.41, 5.74) is 7.22. The van der Waals surface area contributed by atoms with Gasteiger partial charge < -0.3 is 10.6 Å². The Labute approximate surface area is 157 Å². The number of anilines is 4. The summed E-state index contributed by atoms with van der Waals surface area (Å²) in [5.74, 6) is 0. The minimum absolute atomic E-state index is 1.09. The van der Waals surface area contributed by atoms with Crippen LogP contribution in [-0.2, 0) is 12.8 Å². The number of aryl methyl sites for hydroxylation is 2. The lowest BCUT2D eigenvalue weighted by atomic mass is 10.1. The quantitative estimate of drug-likeness (QED) is 0.456. The normalized spacial score (nSPS) is 10.5. The number of rotatable bonds is 8. The van der Waals surface area contributed by atoms with Crippen LogP contribution in [0.1, 0.15) is 37.8 Å². The molecule has 2 nitrogen and oxygen atoms in total. The highest BCUT2D eigenvalue weighted by Crippen LogP contribution is 2.22. The van der Waals surface area contributed by atoms with Crippen LogP contribution in [-0.4, -0.2) is 0 Å². The first kappa shape index (κ1) is 18.1. The van der Waals surface area contributed by atoms with Crippen molar-refractivity contribution in [1.29, 1.82) is 0 Å². The predicted molar refractivity (Wildman–Crippen MR) is 114 cm³/mol. The number of nitrogens with one attached hydrogen (secondary N) is 2. The van der Waals surface area contributed by atoms with Crippen LogP contribution in [0.15, 0.2) is 72.8 Å². The minimum atomic E-state index is 1.09. The molecular formula is C24H28N2. The van der Waals surface area contributed by atoms with E-state index in [9.17, 15) is 0 Å². The van der Waals surface area contributed by atoms with Gasteiger partial charge in [-0.2, -0.15) is 0 Å². The second-order valence-corrected chi connectivity index (χ2v) is 6.72. The largest absolute Gasteiger partial charge is 0.356 e. The summed E-state index contributed by atoms with van der Waals surface area (Å²) in [5, 5.41) is 6.92. The molecule has 0 aliphatic carbocycles. The molecule has 2 heteroatoms. The van der Waals surface area contributed by atoms with Gasteiger partial charge in [0.1, 0.15) is 0 Å². The summed E-state index contributed by atoms with van der Waals surface area (Å²) < 4.78 is 0. The molecule has 0 aliphatic rings. The molecule has 0 spiro atoms. The molecule has 26 heavy (non-hydrogen) atoms. The van der Waals surface area contributed by atoms with E-state index in [4.69, 9.17) is 0 Å².